The number of benzene rings is 1. The standard InChI is InChI=1S/C10H9Cl2NO2/c11-9(12)8(14)6-13-10(15)7-4-2-1-3-5-7/h1-5,9H,6H2,(H,13,15). The molecule has 0 radical (unpaired) electrons. The van der Waals surface area contributed by atoms with Crippen LogP contribution in [-0.2, 0) is 4.79 Å². The Kier molecular flexibility index (Phi) is 4.59. The van der Waals surface area contributed by atoms with Gasteiger partial charge in [-0.2, -0.15) is 0 Å². The monoisotopic (exact) mass is 245 g/mol. The predicted molar refractivity (Wildman–Crippen MR) is 59.3 cm³/mol. The lowest BCUT2D eigenvalue weighted by atomic mass is 10.2. The Labute approximate surface area is 97.4 Å². The van der Waals surface area contributed by atoms with E-state index in [0.717, 1.165) is 0 Å². The molecule has 0 aliphatic carbocycles. The number of carbonyl (C=O) groups is 2. The highest BCUT2D eigenvalue weighted by Gasteiger charge is 2.13. The van der Waals surface area contributed by atoms with E-state index >= 15 is 0 Å². The number of Topliss-reactive ketones (excluding diaryl/α,β-unsaturated/α-hetero) is 1. The van der Waals surface area contributed by atoms with Gasteiger partial charge in [0.25, 0.3) is 5.91 Å². The second-order valence-corrected chi connectivity index (χ2v) is 3.91. The Hall–Kier alpha value is -1.06. The summed E-state index contributed by atoms with van der Waals surface area (Å²) in [7, 11) is 0. The van der Waals surface area contributed by atoms with Crippen molar-refractivity contribution in [2.24, 2.45) is 0 Å². The summed E-state index contributed by atoms with van der Waals surface area (Å²) in [5.74, 6) is -0.749. The average molecular weight is 246 g/mol. The lowest BCUT2D eigenvalue weighted by Gasteiger charge is -2.04. The van der Waals surface area contributed by atoms with Crippen molar-refractivity contribution in [2.45, 2.75) is 4.84 Å². The molecule has 1 aromatic carbocycles. The normalized spacial score (nSPS) is 10.1. The molecule has 0 bridgehead atoms. The van der Waals surface area contributed by atoms with Crippen molar-refractivity contribution < 1.29 is 9.59 Å². The van der Waals surface area contributed by atoms with Crippen molar-refractivity contribution in [3.63, 3.8) is 0 Å². The minimum atomic E-state index is -1.10. The first-order chi connectivity index (χ1) is 7.11. The molecule has 0 spiro atoms. The summed E-state index contributed by atoms with van der Waals surface area (Å²) in [6.45, 7) is -0.161. The maximum atomic E-state index is 11.4. The number of carbonyl (C=O) groups excluding carboxylic acids is 2. The number of rotatable bonds is 4. The van der Waals surface area contributed by atoms with Crippen molar-refractivity contribution in [3.8, 4) is 0 Å². The molecule has 1 aromatic rings. The maximum Gasteiger partial charge on any atom is 0.251 e. The summed E-state index contributed by atoms with van der Waals surface area (Å²) < 4.78 is 0. The molecular formula is C10H9Cl2NO2. The SMILES string of the molecule is O=C(NCC(=O)C(Cl)Cl)c1ccccc1. The molecule has 0 atom stereocenters. The topological polar surface area (TPSA) is 46.2 Å². The predicted octanol–water partition coefficient (Wildman–Crippen LogP) is 1.79. The number of nitrogens with one attached hydrogen (secondary N) is 1. The molecule has 80 valence electrons. The van der Waals surface area contributed by atoms with Gasteiger partial charge in [0.05, 0.1) is 6.54 Å². The minimum absolute atomic E-state index is 0.161. The Morgan fingerprint density at radius 3 is 2.33 bits per heavy atom. The van der Waals surface area contributed by atoms with E-state index in [9.17, 15) is 9.59 Å². The average Bonchev–Trinajstić information content (AvgIpc) is 2.26. The van der Waals surface area contributed by atoms with Gasteiger partial charge in [-0.1, -0.05) is 41.4 Å². The molecule has 3 nitrogen and oxygen atoms in total. The van der Waals surface area contributed by atoms with Crippen LogP contribution >= 0.6 is 23.2 Å². The van der Waals surface area contributed by atoms with E-state index in [-0.39, 0.29) is 12.5 Å². The van der Waals surface area contributed by atoms with Gasteiger partial charge in [-0.05, 0) is 12.1 Å². The molecule has 1 N–H and O–H groups in total. The third-order valence-electron chi connectivity index (χ3n) is 1.70. The van der Waals surface area contributed by atoms with Crippen molar-refractivity contribution >= 4 is 34.9 Å². The number of hydrogen-bond donors (Lipinski definition) is 1. The fraction of sp³-hybridized carbons (Fsp3) is 0.200. The summed E-state index contributed by atoms with van der Waals surface area (Å²) in [6.07, 6.45) is 0. The second kappa shape index (κ2) is 5.73. The number of halogens is 2. The van der Waals surface area contributed by atoms with Crippen molar-refractivity contribution in [2.75, 3.05) is 6.54 Å². The van der Waals surface area contributed by atoms with Crippen LogP contribution in [0.1, 0.15) is 10.4 Å². The third kappa shape index (κ3) is 3.90. The summed E-state index contributed by atoms with van der Waals surface area (Å²) in [4.78, 5) is 21.3. The summed E-state index contributed by atoms with van der Waals surface area (Å²) in [6, 6.07) is 8.58. The molecule has 0 aliphatic rings. The Balaban J connectivity index is 2.48. The van der Waals surface area contributed by atoms with Gasteiger partial charge in [0.1, 0.15) is 0 Å². The minimum Gasteiger partial charge on any atom is -0.345 e. The van der Waals surface area contributed by atoms with Gasteiger partial charge < -0.3 is 5.32 Å². The number of ketones is 1. The zero-order chi connectivity index (χ0) is 11.3. The van der Waals surface area contributed by atoms with Gasteiger partial charge in [0.15, 0.2) is 10.6 Å². The Morgan fingerprint density at radius 2 is 1.80 bits per heavy atom. The smallest absolute Gasteiger partial charge is 0.251 e. The number of hydrogen-bond acceptors (Lipinski definition) is 2. The Bertz CT molecular complexity index is 352. The van der Waals surface area contributed by atoms with Crippen molar-refractivity contribution in [1.29, 1.82) is 0 Å². The highest BCUT2D eigenvalue weighted by molar-refractivity contribution is 6.54. The summed E-state index contributed by atoms with van der Waals surface area (Å²) in [5.41, 5.74) is 0.492. The molecule has 0 aliphatic heterocycles. The molecule has 1 amide bonds. The van der Waals surface area contributed by atoms with E-state index in [2.05, 4.69) is 5.32 Å². The summed E-state index contributed by atoms with van der Waals surface area (Å²) >= 11 is 10.6. The van der Waals surface area contributed by atoms with Gasteiger partial charge in [-0.3, -0.25) is 9.59 Å². The van der Waals surface area contributed by atoms with Crippen LogP contribution in [0.3, 0.4) is 0 Å². The van der Waals surface area contributed by atoms with Gasteiger partial charge in [0.2, 0.25) is 0 Å². The summed E-state index contributed by atoms with van der Waals surface area (Å²) in [5, 5.41) is 2.42. The van der Waals surface area contributed by atoms with Gasteiger partial charge in [-0.25, -0.2) is 0 Å². The van der Waals surface area contributed by atoms with E-state index in [1.54, 1.807) is 30.3 Å². The molecule has 5 heteroatoms. The van der Waals surface area contributed by atoms with Gasteiger partial charge in [-0.15, -0.1) is 0 Å². The van der Waals surface area contributed by atoms with Crippen LogP contribution in [0, 0.1) is 0 Å². The fourth-order valence-corrected chi connectivity index (χ4v) is 1.09. The lowest BCUT2D eigenvalue weighted by Crippen LogP contribution is -2.31. The number of amides is 1. The van der Waals surface area contributed by atoms with Crippen molar-refractivity contribution in [1.82, 2.24) is 5.32 Å². The number of alkyl halides is 2. The van der Waals surface area contributed by atoms with E-state index in [0.29, 0.717) is 5.56 Å². The highest BCUT2D eigenvalue weighted by Crippen LogP contribution is 2.02. The highest BCUT2D eigenvalue weighted by atomic mass is 35.5. The van der Waals surface area contributed by atoms with Crippen LogP contribution in [0.15, 0.2) is 30.3 Å². The van der Waals surface area contributed by atoms with Crippen molar-refractivity contribution in [3.05, 3.63) is 35.9 Å². The zero-order valence-corrected chi connectivity index (χ0v) is 9.26. The molecule has 15 heavy (non-hydrogen) atoms. The maximum absolute atomic E-state index is 11.4. The molecule has 0 saturated heterocycles. The van der Waals surface area contributed by atoms with E-state index in [4.69, 9.17) is 23.2 Å². The van der Waals surface area contributed by atoms with Gasteiger partial charge in [0, 0.05) is 5.56 Å². The second-order valence-electron chi connectivity index (χ2n) is 2.82. The van der Waals surface area contributed by atoms with E-state index in [1.807, 2.05) is 0 Å². The van der Waals surface area contributed by atoms with E-state index < -0.39 is 10.6 Å². The molecule has 0 aromatic heterocycles. The van der Waals surface area contributed by atoms with E-state index in [1.165, 1.54) is 0 Å². The van der Waals surface area contributed by atoms with Crippen LogP contribution in [-0.4, -0.2) is 23.1 Å². The molecule has 0 heterocycles. The van der Waals surface area contributed by atoms with Crippen LogP contribution in [0.25, 0.3) is 0 Å². The quantitative estimate of drug-likeness (QED) is 0.823. The third-order valence-corrected chi connectivity index (χ3v) is 2.19. The van der Waals surface area contributed by atoms with Crippen LogP contribution < -0.4 is 5.32 Å². The molecular weight excluding hydrogens is 237 g/mol. The first-order valence-electron chi connectivity index (χ1n) is 4.25. The van der Waals surface area contributed by atoms with Crippen LogP contribution in [0.4, 0.5) is 0 Å². The van der Waals surface area contributed by atoms with Crippen LogP contribution in [0.5, 0.6) is 0 Å². The Morgan fingerprint density at radius 1 is 1.20 bits per heavy atom. The molecule has 1 rings (SSSR count). The molecule has 0 fully saturated rings. The first kappa shape index (κ1) is 12.0. The van der Waals surface area contributed by atoms with Crippen LogP contribution in [0.2, 0.25) is 0 Å². The zero-order valence-electron chi connectivity index (χ0n) is 7.74. The first-order valence-corrected chi connectivity index (χ1v) is 5.12. The molecule has 0 unspecified atom stereocenters. The van der Waals surface area contributed by atoms with Gasteiger partial charge >= 0.3 is 0 Å². The largest absolute Gasteiger partial charge is 0.345 e. The lowest BCUT2D eigenvalue weighted by molar-refractivity contribution is -0.116. The fourth-order valence-electron chi connectivity index (χ4n) is 0.936. The molecule has 0 saturated carbocycles.